The number of allylic oxidation sites excluding steroid dienone is 1. The molecule has 1 aromatic rings. The van der Waals surface area contributed by atoms with E-state index in [-0.39, 0.29) is 11.9 Å². The van der Waals surface area contributed by atoms with Crippen LogP contribution >= 0.6 is 0 Å². The molecule has 0 aliphatic rings. The van der Waals surface area contributed by atoms with Crippen molar-refractivity contribution in [2.24, 2.45) is 0 Å². The van der Waals surface area contributed by atoms with E-state index in [1.54, 1.807) is 38.1 Å². The average Bonchev–Trinajstić information content (AvgIpc) is 2.49. The Morgan fingerprint density at radius 3 is 2.27 bits per heavy atom. The zero-order chi connectivity index (χ0) is 16.7. The van der Waals surface area contributed by atoms with E-state index in [0.29, 0.717) is 16.9 Å². The molecule has 0 aromatic heterocycles. The van der Waals surface area contributed by atoms with Gasteiger partial charge in [-0.05, 0) is 38.0 Å². The van der Waals surface area contributed by atoms with Crippen LogP contribution in [0.2, 0.25) is 0 Å². The summed E-state index contributed by atoms with van der Waals surface area (Å²) in [6, 6.07) is 6.81. The van der Waals surface area contributed by atoms with Gasteiger partial charge in [-0.1, -0.05) is 25.5 Å². The molecule has 0 saturated carbocycles. The minimum Gasteiger partial charge on any atom is -0.484 e. The molecule has 0 spiro atoms. The molecule has 5 nitrogen and oxygen atoms in total. The normalized spacial score (nSPS) is 13.7. The van der Waals surface area contributed by atoms with Crippen LogP contribution in [0.5, 0.6) is 0 Å². The number of carboxylic acid groups (broad SMARTS) is 1. The van der Waals surface area contributed by atoms with Gasteiger partial charge in [0.1, 0.15) is 0 Å². The van der Waals surface area contributed by atoms with Crippen LogP contribution in [-0.4, -0.2) is 28.5 Å². The van der Waals surface area contributed by atoms with Crippen LogP contribution in [0.1, 0.15) is 39.2 Å². The second-order valence-corrected chi connectivity index (χ2v) is 6.23. The number of aliphatic carboxylic acids is 1. The lowest BCUT2D eigenvalue weighted by molar-refractivity contribution is -0.137. The first-order valence-electron chi connectivity index (χ1n) is 7.10. The summed E-state index contributed by atoms with van der Waals surface area (Å²) in [6.45, 7) is 5.55. The summed E-state index contributed by atoms with van der Waals surface area (Å²) in [5.41, 5.74) is 1.38. The highest BCUT2D eigenvalue weighted by molar-refractivity contribution is 7.80. The van der Waals surface area contributed by atoms with E-state index in [4.69, 9.17) is 8.92 Å². The molecule has 0 aliphatic heterocycles. The Morgan fingerprint density at radius 2 is 1.86 bits per heavy atom. The van der Waals surface area contributed by atoms with Crippen molar-refractivity contribution >= 4 is 22.6 Å². The monoisotopic (exact) mass is 326 g/mol. The predicted molar refractivity (Wildman–Crippen MR) is 85.5 cm³/mol. The Balaban J connectivity index is 3.28. The lowest BCUT2D eigenvalue weighted by Crippen LogP contribution is -2.13. The van der Waals surface area contributed by atoms with Crippen LogP contribution in [0.15, 0.2) is 34.9 Å². The van der Waals surface area contributed by atoms with Crippen LogP contribution in [0.3, 0.4) is 0 Å². The lowest BCUT2D eigenvalue weighted by atomic mass is 10.00. The van der Waals surface area contributed by atoms with Gasteiger partial charge in [0, 0.05) is 5.57 Å². The van der Waals surface area contributed by atoms with E-state index in [1.807, 2.05) is 6.92 Å². The van der Waals surface area contributed by atoms with Gasteiger partial charge in [-0.2, -0.15) is 0 Å². The third kappa shape index (κ3) is 4.96. The molecule has 1 N–H and O–H groups in total. The molecular formula is C16H22O5S. The van der Waals surface area contributed by atoms with Gasteiger partial charge in [-0.15, -0.1) is 0 Å². The highest BCUT2D eigenvalue weighted by atomic mass is 32.2. The van der Waals surface area contributed by atoms with E-state index in [9.17, 15) is 14.1 Å². The van der Waals surface area contributed by atoms with Gasteiger partial charge in [-0.3, -0.25) is 4.18 Å². The lowest BCUT2D eigenvalue weighted by Gasteiger charge is -2.16. The van der Waals surface area contributed by atoms with Crippen LogP contribution in [0, 0.1) is 0 Å². The van der Waals surface area contributed by atoms with E-state index in [0.717, 1.165) is 12.0 Å². The van der Waals surface area contributed by atoms with Crippen molar-refractivity contribution in [3.05, 3.63) is 35.6 Å². The van der Waals surface area contributed by atoms with Gasteiger partial charge >= 0.3 is 5.97 Å². The number of carbonyl (C=O) groups is 1. The van der Waals surface area contributed by atoms with Gasteiger partial charge in [-0.25, -0.2) is 9.00 Å². The van der Waals surface area contributed by atoms with E-state index in [1.165, 1.54) is 7.11 Å². The molecule has 1 atom stereocenters. The van der Waals surface area contributed by atoms with Crippen LogP contribution in [0.4, 0.5) is 0 Å². The fraction of sp³-hybridized carbons (Fsp3) is 0.438. The highest BCUT2D eigenvalue weighted by Gasteiger charge is 2.19. The van der Waals surface area contributed by atoms with Gasteiger partial charge in [0.05, 0.1) is 18.1 Å². The first-order valence-corrected chi connectivity index (χ1v) is 8.17. The maximum atomic E-state index is 11.6. The zero-order valence-electron chi connectivity index (χ0n) is 13.3. The van der Waals surface area contributed by atoms with Crippen molar-refractivity contribution in [2.75, 3.05) is 7.11 Å². The first kappa shape index (κ1) is 18.4. The number of rotatable bonds is 8. The Bertz CT molecular complexity index is 560. The average molecular weight is 326 g/mol. The van der Waals surface area contributed by atoms with Crippen molar-refractivity contribution in [1.82, 2.24) is 0 Å². The number of carboxylic acids is 1. The highest BCUT2D eigenvalue weighted by Crippen LogP contribution is 2.26. The van der Waals surface area contributed by atoms with Crippen molar-refractivity contribution in [1.29, 1.82) is 0 Å². The van der Waals surface area contributed by atoms with E-state index < -0.39 is 17.0 Å². The van der Waals surface area contributed by atoms with Crippen LogP contribution in [-0.2, 0) is 24.8 Å². The molecule has 0 fully saturated rings. The smallest absolute Gasteiger partial charge is 0.371 e. The fourth-order valence-corrected chi connectivity index (χ4v) is 2.54. The number of hydrogen-bond donors (Lipinski definition) is 1. The molecule has 22 heavy (non-hydrogen) atoms. The van der Waals surface area contributed by atoms with Crippen molar-refractivity contribution < 1.29 is 23.0 Å². The van der Waals surface area contributed by atoms with Crippen molar-refractivity contribution in [3.8, 4) is 0 Å². The van der Waals surface area contributed by atoms with E-state index >= 15 is 0 Å². The van der Waals surface area contributed by atoms with Crippen molar-refractivity contribution in [2.45, 2.75) is 44.6 Å². The first-order chi connectivity index (χ1) is 10.4. The maximum absolute atomic E-state index is 11.6. The molecule has 1 rings (SSSR count). The summed E-state index contributed by atoms with van der Waals surface area (Å²) in [5, 5.41) is 9.41. The number of ether oxygens (including phenoxy) is 1. The van der Waals surface area contributed by atoms with Gasteiger partial charge in [0.25, 0.3) is 0 Å². The van der Waals surface area contributed by atoms with Crippen LogP contribution < -0.4 is 0 Å². The summed E-state index contributed by atoms with van der Waals surface area (Å²) in [6.07, 6.45) is 1.15. The molecule has 0 heterocycles. The van der Waals surface area contributed by atoms with Gasteiger partial charge in [0.2, 0.25) is 5.76 Å². The molecule has 0 aliphatic carbocycles. The third-order valence-corrected chi connectivity index (χ3v) is 3.83. The Kier molecular flexibility index (Phi) is 7.27. The molecule has 122 valence electrons. The van der Waals surface area contributed by atoms with E-state index in [2.05, 4.69) is 0 Å². The summed E-state index contributed by atoms with van der Waals surface area (Å²) in [4.78, 5) is 12.0. The fourth-order valence-electron chi connectivity index (χ4n) is 1.99. The number of benzene rings is 1. The molecule has 0 bridgehead atoms. The SMILES string of the molecule is CCC/C(=C(/OC(C)C)C(=O)O)c1ccc(S(=O)OC)cc1. The van der Waals surface area contributed by atoms with Crippen LogP contribution in [0.25, 0.3) is 5.57 Å². The standard InChI is InChI=1S/C16H22O5S/c1-5-6-14(15(16(17)18)21-11(2)3)12-7-9-13(10-8-12)22(19)20-4/h7-11H,5-6H2,1-4H3,(H,17,18)/b15-14-. The van der Waals surface area contributed by atoms with Gasteiger partial charge in [0.15, 0.2) is 11.1 Å². The third-order valence-electron chi connectivity index (χ3n) is 2.87. The zero-order valence-corrected chi connectivity index (χ0v) is 14.1. The largest absolute Gasteiger partial charge is 0.484 e. The molecule has 0 amide bonds. The molecule has 0 radical (unpaired) electrons. The topological polar surface area (TPSA) is 72.8 Å². The summed E-state index contributed by atoms with van der Waals surface area (Å²) in [5.74, 6) is -1.11. The molecule has 1 aromatic carbocycles. The molecule has 1 unspecified atom stereocenters. The van der Waals surface area contributed by atoms with Crippen molar-refractivity contribution in [3.63, 3.8) is 0 Å². The minimum absolute atomic E-state index is 0.0301. The van der Waals surface area contributed by atoms with Gasteiger partial charge < -0.3 is 9.84 Å². The minimum atomic E-state index is -1.51. The summed E-state index contributed by atoms with van der Waals surface area (Å²) < 4.78 is 21.8. The quantitative estimate of drug-likeness (QED) is 0.585. The summed E-state index contributed by atoms with van der Waals surface area (Å²) >= 11 is -1.51. The Labute approximate surface area is 133 Å². The Morgan fingerprint density at radius 1 is 1.27 bits per heavy atom. The summed E-state index contributed by atoms with van der Waals surface area (Å²) in [7, 11) is 1.37. The molecule has 6 heteroatoms. The maximum Gasteiger partial charge on any atom is 0.371 e. The number of hydrogen-bond acceptors (Lipinski definition) is 4. The molecule has 0 saturated heterocycles. The Hall–Kier alpha value is -1.66. The second kappa shape index (κ2) is 8.70. The second-order valence-electron chi connectivity index (χ2n) is 4.96. The predicted octanol–water partition coefficient (Wildman–Crippen LogP) is 3.38. The molecular weight excluding hydrogens is 304 g/mol.